The van der Waals surface area contributed by atoms with E-state index < -0.39 is 30.4 Å². The first-order valence-electron chi connectivity index (χ1n) is 8.22. The minimum Gasteiger partial charge on any atom is -0.465 e. The summed E-state index contributed by atoms with van der Waals surface area (Å²) in [4.78, 5) is 35.1. The zero-order valence-corrected chi connectivity index (χ0v) is 15.6. The number of carbonyl (C=O) groups excluding carboxylic acids is 3. The number of nitrogens with zero attached hydrogens (tertiary/aromatic N) is 1. The molecule has 148 valence electrons. The molecule has 3 amide bonds. The number of alkyl halides is 2. The van der Waals surface area contributed by atoms with Crippen molar-refractivity contribution in [3.05, 3.63) is 35.4 Å². The van der Waals surface area contributed by atoms with Gasteiger partial charge in [-0.2, -0.15) is 8.78 Å². The number of benzene rings is 1. The Morgan fingerprint density at radius 2 is 1.81 bits per heavy atom. The standard InChI is InChI=1S/C14H17F2N3O4.C4H6/c1-19(13(17)22)7-9-3-5-10(6-4-9)11(20)18-8-14(15,16)12(21)23-2;1-3-4-2/h3-6H,7-8H2,1-2H3,(H2,17,22)(H,18,20);1-2H3/i/hD. The summed E-state index contributed by atoms with van der Waals surface area (Å²) < 4.78 is 37.2. The Bertz CT molecular complexity index is 725. The van der Waals surface area contributed by atoms with Gasteiger partial charge < -0.3 is 20.7 Å². The Kier molecular flexibility index (Phi) is 9.29. The van der Waals surface area contributed by atoms with Gasteiger partial charge in [0.2, 0.25) is 0 Å². The van der Waals surface area contributed by atoms with E-state index in [9.17, 15) is 23.2 Å². The first kappa shape index (κ1) is 21.9. The van der Waals surface area contributed by atoms with Crippen molar-refractivity contribution in [2.75, 3.05) is 20.7 Å². The van der Waals surface area contributed by atoms with Gasteiger partial charge in [0, 0.05) is 19.2 Å². The Morgan fingerprint density at radius 3 is 2.26 bits per heavy atom. The van der Waals surface area contributed by atoms with Crippen LogP contribution in [0.5, 0.6) is 0 Å². The maximum absolute atomic E-state index is 13.3. The van der Waals surface area contributed by atoms with Crippen LogP contribution in [-0.4, -0.2) is 49.4 Å². The van der Waals surface area contributed by atoms with E-state index in [-0.39, 0.29) is 12.1 Å². The Hall–Kier alpha value is -3.15. The highest BCUT2D eigenvalue weighted by Crippen LogP contribution is 2.14. The average molecular weight is 384 g/mol. The monoisotopic (exact) mass is 384 g/mol. The summed E-state index contributed by atoms with van der Waals surface area (Å²) in [5, 5.41) is 1.95. The molecule has 0 saturated carbocycles. The molecule has 0 heterocycles. The van der Waals surface area contributed by atoms with E-state index in [2.05, 4.69) is 16.6 Å². The van der Waals surface area contributed by atoms with Crippen molar-refractivity contribution in [3.63, 3.8) is 0 Å². The molecule has 0 aliphatic carbocycles. The summed E-state index contributed by atoms with van der Waals surface area (Å²) in [7, 11) is 2.31. The number of amides is 3. The average Bonchev–Trinajstić information content (AvgIpc) is 2.71. The lowest BCUT2D eigenvalue weighted by molar-refractivity contribution is -0.167. The molecule has 0 bridgehead atoms. The molecule has 1 aromatic rings. The molecule has 0 aliphatic heterocycles. The zero-order chi connectivity index (χ0) is 21.7. The maximum atomic E-state index is 13.3. The van der Waals surface area contributed by atoms with E-state index in [0.29, 0.717) is 5.56 Å². The molecule has 3 N–H and O–H groups in total. The number of primary amides is 1. The van der Waals surface area contributed by atoms with Gasteiger partial charge >= 0.3 is 17.9 Å². The van der Waals surface area contributed by atoms with Crippen molar-refractivity contribution in [1.29, 1.82) is 0 Å². The molecule has 1 aromatic carbocycles. The number of hydrogen-bond acceptors (Lipinski definition) is 4. The molecule has 9 heteroatoms. The summed E-state index contributed by atoms with van der Waals surface area (Å²) in [5.41, 5.74) is 2.52. The van der Waals surface area contributed by atoms with Crippen molar-refractivity contribution in [3.8, 4) is 11.8 Å². The predicted octanol–water partition coefficient (Wildman–Crippen LogP) is 1.76. The second kappa shape index (κ2) is 11.5. The van der Waals surface area contributed by atoms with E-state index in [1.54, 1.807) is 17.9 Å². The van der Waals surface area contributed by atoms with Gasteiger partial charge in [-0.15, -0.1) is 11.8 Å². The summed E-state index contributed by atoms with van der Waals surface area (Å²) >= 11 is 0. The molecule has 0 atom stereocenters. The molecule has 0 aliphatic rings. The molecular formula is C18H23F2N3O4. The number of carbonyl (C=O) groups is 3. The number of esters is 1. The van der Waals surface area contributed by atoms with Crippen LogP contribution in [0.4, 0.5) is 13.6 Å². The van der Waals surface area contributed by atoms with E-state index in [0.717, 1.165) is 7.11 Å². The van der Waals surface area contributed by atoms with Gasteiger partial charge in [-0.1, -0.05) is 12.1 Å². The van der Waals surface area contributed by atoms with Crippen LogP contribution in [0.15, 0.2) is 24.3 Å². The molecule has 0 fully saturated rings. The van der Waals surface area contributed by atoms with E-state index >= 15 is 0 Å². The minimum absolute atomic E-state index is 0.118. The van der Waals surface area contributed by atoms with Crippen LogP contribution in [0.2, 0.25) is 1.41 Å². The molecule has 0 aromatic heterocycles. The highest BCUT2D eigenvalue weighted by atomic mass is 19.3. The van der Waals surface area contributed by atoms with Crippen LogP contribution in [0, 0.1) is 11.8 Å². The van der Waals surface area contributed by atoms with Crippen LogP contribution in [0.3, 0.4) is 0 Å². The largest absolute Gasteiger partial charge is 0.465 e. The normalized spacial score (nSPS) is 10.1. The lowest BCUT2D eigenvalue weighted by Crippen LogP contribution is -2.42. The van der Waals surface area contributed by atoms with Gasteiger partial charge in [-0.3, -0.25) is 4.79 Å². The van der Waals surface area contributed by atoms with E-state index in [1.165, 1.54) is 24.1 Å². The van der Waals surface area contributed by atoms with Gasteiger partial charge in [-0.05, 0) is 31.5 Å². The van der Waals surface area contributed by atoms with E-state index in [4.69, 9.17) is 1.41 Å². The van der Waals surface area contributed by atoms with Crippen LogP contribution in [0.1, 0.15) is 29.8 Å². The third kappa shape index (κ3) is 8.67. The summed E-state index contributed by atoms with van der Waals surface area (Å²) in [6, 6.07) is 5.28. The van der Waals surface area contributed by atoms with Gasteiger partial charge in [0.15, 0.2) is 1.41 Å². The first-order valence-corrected chi connectivity index (χ1v) is 7.72. The van der Waals surface area contributed by atoms with Crippen LogP contribution < -0.4 is 11.0 Å². The van der Waals surface area contributed by atoms with Crippen molar-refractivity contribution in [2.45, 2.75) is 26.3 Å². The molecule has 0 saturated heterocycles. The number of halogens is 2. The number of hydrogen-bond donors (Lipinski definition) is 2. The fourth-order valence-corrected chi connectivity index (χ4v) is 1.62. The summed E-state index contributed by atoms with van der Waals surface area (Å²) in [6.45, 7) is 2.67. The van der Waals surface area contributed by atoms with Crippen molar-refractivity contribution in [2.24, 2.45) is 5.73 Å². The third-order valence-corrected chi connectivity index (χ3v) is 3.19. The van der Waals surface area contributed by atoms with Crippen molar-refractivity contribution >= 4 is 17.9 Å². The number of rotatable bonds is 6. The Balaban J connectivity index is 0.00000165. The number of methoxy groups -OCH3 is 1. The fourth-order valence-electron chi connectivity index (χ4n) is 1.62. The second-order valence-corrected chi connectivity index (χ2v) is 5.24. The maximum Gasteiger partial charge on any atom is 0.378 e. The van der Waals surface area contributed by atoms with Gasteiger partial charge in [0.05, 0.1) is 13.7 Å². The SMILES string of the molecule is CC#CC.[2H]NC(=O)N(C)Cc1ccc(C(=O)NCC(F)(F)C(=O)OC)cc1. The van der Waals surface area contributed by atoms with Crippen LogP contribution >= 0.6 is 0 Å². The third-order valence-electron chi connectivity index (χ3n) is 3.19. The Labute approximate surface area is 158 Å². The molecule has 1 rings (SSSR count). The summed E-state index contributed by atoms with van der Waals surface area (Å²) in [6.07, 6.45) is 0. The smallest absolute Gasteiger partial charge is 0.378 e. The first-order chi connectivity index (χ1) is 13.1. The quantitative estimate of drug-likeness (QED) is 0.576. The number of nitrogens with two attached hydrogens (primary N) is 1. The molecular weight excluding hydrogens is 360 g/mol. The highest BCUT2D eigenvalue weighted by molar-refractivity contribution is 5.94. The predicted molar refractivity (Wildman–Crippen MR) is 95.9 cm³/mol. The molecule has 7 nitrogen and oxygen atoms in total. The lowest BCUT2D eigenvalue weighted by atomic mass is 10.1. The van der Waals surface area contributed by atoms with Crippen LogP contribution in [0.25, 0.3) is 0 Å². The number of urea groups is 1. The zero-order valence-electron chi connectivity index (χ0n) is 16.6. The summed E-state index contributed by atoms with van der Waals surface area (Å²) in [5.74, 6) is -0.951. The van der Waals surface area contributed by atoms with Gasteiger partial charge in [-0.25, -0.2) is 9.59 Å². The molecule has 0 radical (unpaired) electrons. The second-order valence-electron chi connectivity index (χ2n) is 5.24. The van der Waals surface area contributed by atoms with Gasteiger partial charge in [0.25, 0.3) is 5.91 Å². The van der Waals surface area contributed by atoms with Crippen molar-refractivity contribution < 1.29 is 29.3 Å². The molecule has 0 spiro atoms. The minimum atomic E-state index is -3.81. The highest BCUT2D eigenvalue weighted by Gasteiger charge is 2.40. The van der Waals surface area contributed by atoms with Crippen LogP contribution in [-0.2, 0) is 16.1 Å². The fraction of sp³-hybridized carbons (Fsp3) is 0.389. The van der Waals surface area contributed by atoms with Crippen molar-refractivity contribution in [1.82, 2.24) is 10.2 Å². The number of nitrogens with one attached hydrogen (secondary N) is 1. The van der Waals surface area contributed by atoms with Gasteiger partial charge in [0.1, 0.15) is 0 Å². The topological polar surface area (TPSA) is 102 Å². The molecule has 27 heavy (non-hydrogen) atoms. The number of ether oxygens (including phenoxy) is 1. The lowest BCUT2D eigenvalue weighted by Gasteiger charge is -2.15. The molecule has 0 unspecified atom stereocenters. The Morgan fingerprint density at radius 1 is 1.26 bits per heavy atom. The van der Waals surface area contributed by atoms with E-state index in [1.807, 2.05) is 19.2 Å².